The van der Waals surface area contributed by atoms with Gasteiger partial charge in [-0.25, -0.2) is 4.98 Å². The van der Waals surface area contributed by atoms with Gasteiger partial charge in [0.15, 0.2) is 0 Å². The summed E-state index contributed by atoms with van der Waals surface area (Å²) >= 11 is 0. The van der Waals surface area contributed by atoms with Crippen molar-refractivity contribution in [2.45, 2.75) is 37.9 Å². The van der Waals surface area contributed by atoms with Gasteiger partial charge in [0.1, 0.15) is 5.82 Å². The van der Waals surface area contributed by atoms with E-state index in [1.807, 2.05) is 12.4 Å². The Bertz CT molecular complexity index is 360. The third-order valence-corrected chi connectivity index (χ3v) is 4.05. The van der Waals surface area contributed by atoms with Gasteiger partial charge in [0.05, 0.1) is 6.54 Å². The lowest BCUT2D eigenvalue weighted by molar-refractivity contribution is 0.297. The molecule has 2 atom stereocenters. The molecule has 2 aliphatic heterocycles. The molecule has 16 heavy (non-hydrogen) atoms. The molecule has 0 amide bonds. The average Bonchev–Trinajstić information content (AvgIpc) is 2.92. The first kappa shape index (κ1) is 10.3. The smallest absolute Gasteiger partial charge is 0.122 e. The lowest BCUT2D eigenvalue weighted by Gasteiger charge is -2.21. The molecule has 4 heteroatoms. The maximum Gasteiger partial charge on any atom is 0.122 e. The molecule has 1 N–H and O–H groups in total. The molecule has 4 nitrogen and oxygen atoms in total. The van der Waals surface area contributed by atoms with E-state index in [9.17, 15) is 0 Å². The van der Waals surface area contributed by atoms with Crippen molar-refractivity contribution >= 4 is 0 Å². The number of rotatable bonds is 3. The van der Waals surface area contributed by atoms with Gasteiger partial charge in [-0.2, -0.15) is 0 Å². The molecule has 2 unspecified atom stereocenters. The molecule has 1 aromatic rings. The molecule has 88 valence electrons. The van der Waals surface area contributed by atoms with Crippen LogP contribution in [0, 0.1) is 0 Å². The number of fused-ring (bicyclic) bond motifs is 1. The van der Waals surface area contributed by atoms with E-state index in [0.29, 0.717) is 6.04 Å². The zero-order valence-electron chi connectivity index (χ0n) is 9.89. The molecule has 0 spiro atoms. The van der Waals surface area contributed by atoms with Crippen LogP contribution in [-0.4, -0.2) is 39.6 Å². The maximum atomic E-state index is 4.35. The van der Waals surface area contributed by atoms with Gasteiger partial charge in [0.2, 0.25) is 0 Å². The number of imidazole rings is 1. The van der Waals surface area contributed by atoms with Gasteiger partial charge in [-0.1, -0.05) is 0 Å². The van der Waals surface area contributed by atoms with Gasteiger partial charge in [-0.15, -0.1) is 0 Å². The SMILES string of the molecule is Cn1ccnc1CNC1CCN2CCCC12. The van der Waals surface area contributed by atoms with Crippen LogP contribution in [0.1, 0.15) is 25.1 Å². The number of hydrogen-bond donors (Lipinski definition) is 1. The highest BCUT2D eigenvalue weighted by molar-refractivity contribution is 4.98. The first-order valence-electron chi connectivity index (χ1n) is 6.28. The van der Waals surface area contributed by atoms with Gasteiger partial charge in [-0.3, -0.25) is 4.90 Å². The van der Waals surface area contributed by atoms with Crippen LogP contribution in [0.15, 0.2) is 12.4 Å². The summed E-state index contributed by atoms with van der Waals surface area (Å²) in [6, 6.07) is 1.47. The fraction of sp³-hybridized carbons (Fsp3) is 0.750. The summed E-state index contributed by atoms with van der Waals surface area (Å²) < 4.78 is 2.09. The molecule has 2 aliphatic rings. The predicted molar refractivity (Wildman–Crippen MR) is 63.0 cm³/mol. The van der Waals surface area contributed by atoms with E-state index in [-0.39, 0.29) is 0 Å². The Morgan fingerprint density at radius 2 is 2.38 bits per heavy atom. The van der Waals surface area contributed by atoms with E-state index in [2.05, 4.69) is 26.8 Å². The quantitative estimate of drug-likeness (QED) is 0.816. The van der Waals surface area contributed by atoms with Crippen molar-refractivity contribution in [1.82, 2.24) is 19.8 Å². The van der Waals surface area contributed by atoms with Crippen molar-refractivity contribution in [3.8, 4) is 0 Å². The van der Waals surface area contributed by atoms with E-state index < -0.39 is 0 Å². The number of aromatic nitrogens is 2. The van der Waals surface area contributed by atoms with Crippen LogP contribution in [0.4, 0.5) is 0 Å². The third kappa shape index (κ3) is 1.76. The molecule has 2 fully saturated rings. The standard InChI is InChI=1S/C12H20N4/c1-15-8-5-13-12(15)9-14-10-4-7-16-6-2-3-11(10)16/h5,8,10-11,14H,2-4,6-7,9H2,1H3. The normalized spacial score (nSPS) is 29.8. The lowest BCUT2D eigenvalue weighted by atomic mass is 10.1. The number of hydrogen-bond acceptors (Lipinski definition) is 3. The van der Waals surface area contributed by atoms with E-state index in [1.54, 1.807) is 0 Å². The monoisotopic (exact) mass is 220 g/mol. The molecule has 0 saturated carbocycles. The van der Waals surface area contributed by atoms with E-state index in [0.717, 1.165) is 18.4 Å². The maximum absolute atomic E-state index is 4.35. The molecular weight excluding hydrogens is 200 g/mol. The second-order valence-corrected chi connectivity index (χ2v) is 4.98. The molecule has 0 aliphatic carbocycles. The van der Waals surface area contributed by atoms with Crippen LogP contribution >= 0.6 is 0 Å². The summed E-state index contributed by atoms with van der Waals surface area (Å²) in [5.41, 5.74) is 0. The summed E-state index contributed by atoms with van der Waals surface area (Å²) in [6.45, 7) is 3.49. The summed E-state index contributed by atoms with van der Waals surface area (Å²) in [7, 11) is 2.06. The first-order valence-corrected chi connectivity index (χ1v) is 6.28. The minimum absolute atomic E-state index is 0.680. The number of nitrogens with one attached hydrogen (secondary N) is 1. The van der Waals surface area contributed by atoms with Crippen molar-refractivity contribution in [3.05, 3.63) is 18.2 Å². The van der Waals surface area contributed by atoms with E-state index in [1.165, 1.54) is 32.4 Å². The summed E-state index contributed by atoms with van der Waals surface area (Å²) in [6.07, 6.45) is 7.93. The summed E-state index contributed by atoms with van der Waals surface area (Å²) in [5, 5.41) is 3.67. The van der Waals surface area contributed by atoms with Crippen molar-refractivity contribution < 1.29 is 0 Å². The zero-order valence-corrected chi connectivity index (χ0v) is 9.89. The Balaban J connectivity index is 1.58. The van der Waals surface area contributed by atoms with Gasteiger partial charge < -0.3 is 9.88 Å². The molecule has 3 rings (SSSR count). The highest BCUT2D eigenvalue weighted by atomic mass is 15.2. The Morgan fingerprint density at radius 3 is 3.19 bits per heavy atom. The largest absolute Gasteiger partial charge is 0.337 e. The van der Waals surface area contributed by atoms with Crippen LogP contribution in [0.25, 0.3) is 0 Å². The van der Waals surface area contributed by atoms with Gasteiger partial charge in [0.25, 0.3) is 0 Å². The van der Waals surface area contributed by atoms with Crippen molar-refractivity contribution in [3.63, 3.8) is 0 Å². The second kappa shape index (κ2) is 4.18. The molecule has 3 heterocycles. The Hall–Kier alpha value is -0.870. The molecule has 0 radical (unpaired) electrons. The topological polar surface area (TPSA) is 33.1 Å². The first-order chi connectivity index (χ1) is 7.84. The summed E-state index contributed by atoms with van der Waals surface area (Å²) in [5.74, 6) is 1.14. The van der Waals surface area contributed by atoms with Crippen LogP contribution in [-0.2, 0) is 13.6 Å². The van der Waals surface area contributed by atoms with Crippen LogP contribution < -0.4 is 5.32 Å². The minimum atomic E-state index is 0.680. The molecule has 2 saturated heterocycles. The Labute approximate surface area is 96.7 Å². The van der Waals surface area contributed by atoms with Gasteiger partial charge in [0, 0.05) is 38.1 Å². The highest BCUT2D eigenvalue weighted by Gasteiger charge is 2.36. The third-order valence-electron chi connectivity index (χ3n) is 4.05. The van der Waals surface area contributed by atoms with Gasteiger partial charge >= 0.3 is 0 Å². The highest BCUT2D eigenvalue weighted by Crippen LogP contribution is 2.27. The Morgan fingerprint density at radius 1 is 1.44 bits per heavy atom. The number of nitrogens with zero attached hydrogens (tertiary/aromatic N) is 3. The average molecular weight is 220 g/mol. The van der Waals surface area contributed by atoms with Gasteiger partial charge in [-0.05, 0) is 25.8 Å². The fourth-order valence-electron chi connectivity index (χ4n) is 3.11. The fourth-order valence-corrected chi connectivity index (χ4v) is 3.11. The summed E-state index contributed by atoms with van der Waals surface area (Å²) in [4.78, 5) is 6.98. The number of aryl methyl sites for hydroxylation is 1. The second-order valence-electron chi connectivity index (χ2n) is 4.98. The van der Waals surface area contributed by atoms with Crippen molar-refractivity contribution in [2.75, 3.05) is 13.1 Å². The predicted octanol–water partition coefficient (Wildman–Crippen LogP) is 0.746. The van der Waals surface area contributed by atoms with Crippen LogP contribution in [0.5, 0.6) is 0 Å². The van der Waals surface area contributed by atoms with E-state index >= 15 is 0 Å². The van der Waals surface area contributed by atoms with Crippen LogP contribution in [0.2, 0.25) is 0 Å². The molecule has 0 aromatic carbocycles. The molecular formula is C12H20N4. The van der Waals surface area contributed by atoms with Crippen LogP contribution in [0.3, 0.4) is 0 Å². The van der Waals surface area contributed by atoms with Crippen molar-refractivity contribution in [1.29, 1.82) is 0 Å². The zero-order chi connectivity index (χ0) is 11.0. The van der Waals surface area contributed by atoms with Crippen molar-refractivity contribution in [2.24, 2.45) is 7.05 Å². The minimum Gasteiger partial charge on any atom is -0.337 e. The molecule has 0 bridgehead atoms. The molecule has 1 aromatic heterocycles. The lowest BCUT2D eigenvalue weighted by Crippen LogP contribution is -2.39. The Kier molecular flexibility index (Phi) is 2.69. The van der Waals surface area contributed by atoms with E-state index in [4.69, 9.17) is 0 Å².